The number of hydrogen-bond acceptors (Lipinski definition) is 2. The number of benzene rings is 1. The summed E-state index contributed by atoms with van der Waals surface area (Å²) in [4.78, 5) is 24.5. The number of halogens is 1. The summed E-state index contributed by atoms with van der Waals surface area (Å²) in [5, 5.41) is 9.51. The minimum Gasteiger partial charge on any atom is -0.481 e. The Morgan fingerprint density at radius 2 is 1.85 bits per heavy atom. The van der Waals surface area contributed by atoms with Gasteiger partial charge in [0.2, 0.25) is 5.91 Å². The first kappa shape index (κ1) is 16.5. The summed E-state index contributed by atoms with van der Waals surface area (Å²) in [6, 6.07) is 7.42. The third-order valence-electron chi connectivity index (χ3n) is 3.25. The van der Waals surface area contributed by atoms with Gasteiger partial charge in [0.05, 0.1) is 5.92 Å². The fourth-order valence-corrected chi connectivity index (χ4v) is 2.25. The van der Waals surface area contributed by atoms with Gasteiger partial charge in [0.1, 0.15) is 0 Å². The maximum absolute atomic E-state index is 12.2. The lowest BCUT2D eigenvalue weighted by atomic mass is 9.99. The second-order valence-electron chi connectivity index (χ2n) is 5.15. The monoisotopic (exact) mass is 297 g/mol. The molecule has 0 aromatic heterocycles. The van der Waals surface area contributed by atoms with Gasteiger partial charge in [-0.2, -0.15) is 0 Å². The maximum Gasteiger partial charge on any atom is 0.308 e. The van der Waals surface area contributed by atoms with Crippen molar-refractivity contribution in [2.24, 2.45) is 11.8 Å². The summed E-state index contributed by atoms with van der Waals surface area (Å²) in [7, 11) is 1.63. The number of carbonyl (C=O) groups is 2. The summed E-state index contributed by atoms with van der Waals surface area (Å²) < 4.78 is 0. The summed E-state index contributed by atoms with van der Waals surface area (Å²) in [5.41, 5.74) is 0.926. The molecule has 2 unspecified atom stereocenters. The summed E-state index contributed by atoms with van der Waals surface area (Å²) >= 11 is 6.08. The highest BCUT2D eigenvalue weighted by Crippen LogP contribution is 2.19. The Labute approximate surface area is 124 Å². The third kappa shape index (κ3) is 4.53. The molecule has 5 heteroatoms. The van der Waals surface area contributed by atoms with Crippen LogP contribution in [0.3, 0.4) is 0 Å². The van der Waals surface area contributed by atoms with Crippen LogP contribution in [0.1, 0.15) is 19.4 Å². The molecule has 0 saturated heterocycles. The molecule has 0 bridgehead atoms. The minimum absolute atomic E-state index is 0.0713. The lowest BCUT2D eigenvalue weighted by molar-refractivity contribution is -0.143. The van der Waals surface area contributed by atoms with E-state index >= 15 is 0 Å². The van der Waals surface area contributed by atoms with E-state index in [4.69, 9.17) is 16.7 Å². The Balaban J connectivity index is 2.63. The van der Waals surface area contributed by atoms with E-state index < -0.39 is 11.9 Å². The smallest absolute Gasteiger partial charge is 0.308 e. The SMILES string of the molecule is CC(CN(C)C(=O)C(C)Cc1ccccc1Cl)C(=O)O. The number of aliphatic carboxylic acids is 1. The fourth-order valence-electron chi connectivity index (χ4n) is 2.04. The van der Waals surface area contributed by atoms with Gasteiger partial charge in [0, 0.05) is 24.5 Å². The van der Waals surface area contributed by atoms with Gasteiger partial charge in [-0.25, -0.2) is 0 Å². The lowest BCUT2D eigenvalue weighted by Gasteiger charge is -2.23. The largest absolute Gasteiger partial charge is 0.481 e. The van der Waals surface area contributed by atoms with Crippen molar-refractivity contribution in [1.29, 1.82) is 0 Å². The van der Waals surface area contributed by atoms with E-state index in [0.29, 0.717) is 11.4 Å². The Bertz CT molecular complexity index is 490. The molecular formula is C15H20ClNO3. The van der Waals surface area contributed by atoms with Crippen molar-refractivity contribution in [3.05, 3.63) is 34.9 Å². The van der Waals surface area contributed by atoms with Crippen molar-refractivity contribution < 1.29 is 14.7 Å². The van der Waals surface area contributed by atoms with Gasteiger partial charge in [-0.15, -0.1) is 0 Å². The molecule has 0 aliphatic carbocycles. The molecule has 1 aromatic rings. The van der Waals surface area contributed by atoms with E-state index in [0.717, 1.165) is 5.56 Å². The van der Waals surface area contributed by atoms with E-state index in [1.165, 1.54) is 4.90 Å². The van der Waals surface area contributed by atoms with E-state index in [1.807, 2.05) is 25.1 Å². The van der Waals surface area contributed by atoms with Crippen LogP contribution < -0.4 is 0 Å². The molecule has 1 amide bonds. The zero-order valence-corrected chi connectivity index (χ0v) is 12.7. The topological polar surface area (TPSA) is 57.6 Å². The van der Waals surface area contributed by atoms with Gasteiger partial charge in [0.25, 0.3) is 0 Å². The van der Waals surface area contributed by atoms with Gasteiger partial charge in [0.15, 0.2) is 0 Å². The number of carboxylic acid groups (broad SMARTS) is 1. The Hall–Kier alpha value is -1.55. The van der Waals surface area contributed by atoms with Crippen LogP contribution in [-0.4, -0.2) is 35.5 Å². The maximum atomic E-state index is 12.2. The summed E-state index contributed by atoms with van der Waals surface area (Å²) in [5.74, 6) is -1.78. The van der Waals surface area contributed by atoms with Crippen molar-refractivity contribution >= 4 is 23.5 Å². The molecule has 0 aliphatic heterocycles. The quantitative estimate of drug-likeness (QED) is 0.878. The number of nitrogens with zero attached hydrogens (tertiary/aromatic N) is 1. The molecule has 110 valence electrons. The fraction of sp³-hybridized carbons (Fsp3) is 0.467. The average Bonchev–Trinajstić information content (AvgIpc) is 2.40. The van der Waals surface area contributed by atoms with Crippen LogP contribution in [0.15, 0.2) is 24.3 Å². The highest BCUT2D eigenvalue weighted by Gasteiger charge is 2.22. The summed E-state index contributed by atoms with van der Waals surface area (Å²) in [6.07, 6.45) is 0.546. The first-order chi connectivity index (χ1) is 9.32. The van der Waals surface area contributed by atoms with Gasteiger partial charge >= 0.3 is 5.97 Å². The van der Waals surface area contributed by atoms with Crippen molar-refractivity contribution in [2.45, 2.75) is 20.3 Å². The Morgan fingerprint density at radius 1 is 1.25 bits per heavy atom. The Morgan fingerprint density at radius 3 is 2.40 bits per heavy atom. The number of carboxylic acids is 1. The lowest BCUT2D eigenvalue weighted by Crippen LogP contribution is -2.37. The average molecular weight is 298 g/mol. The predicted octanol–water partition coefficient (Wildman–Crippen LogP) is 2.70. The molecule has 0 radical (unpaired) electrons. The van der Waals surface area contributed by atoms with Crippen LogP contribution in [0.4, 0.5) is 0 Å². The molecule has 20 heavy (non-hydrogen) atoms. The van der Waals surface area contributed by atoms with E-state index in [2.05, 4.69) is 0 Å². The molecule has 4 nitrogen and oxygen atoms in total. The first-order valence-electron chi connectivity index (χ1n) is 6.54. The van der Waals surface area contributed by atoms with Crippen LogP contribution in [-0.2, 0) is 16.0 Å². The van der Waals surface area contributed by atoms with E-state index in [-0.39, 0.29) is 18.4 Å². The zero-order valence-electron chi connectivity index (χ0n) is 12.0. The highest BCUT2D eigenvalue weighted by molar-refractivity contribution is 6.31. The molecule has 0 aliphatic rings. The van der Waals surface area contributed by atoms with Crippen molar-refractivity contribution in [3.8, 4) is 0 Å². The Kier molecular flexibility index (Phi) is 6.02. The van der Waals surface area contributed by atoms with Gasteiger partial charge in [-0.3, -0.25) is 9.59 Å². The van der Waals surface area contributed by atoms with Crippen molar-refractivity contribution in [1.82, 2.24) is 4.90 Å². The van der Waals surface area contributed by atoms with E-state index in [1.54, 1.807) is 20.0 Å². The number of amides is 1. The van der Waals surface area contributed by atoms with Gasteiger partial charge in [-0.1, -0.05) is 43.6 Å². The highest BCUT2D eigenvalue weighted by atomic mass is 35.5. The summed E-state index contributed by atoms with van der Waals surface area (Å²) in [6.45, 7) is 3.62. The van der Waals surface area contributed by atoms with Crippen molar-refractivity contribution in [3.63, 3.8) is 0 Å². The number of hydrogen-bond donors (Lipinski definition) is 1. The molecular weight excluding hydrogens is 278 g/mol. The third-order valence-corrected chi connectivity index (χ3v) is 3.62. The van der Waals surface area contributed by atoms with Crippen LogP contribution in [0, 0.1) is 11.8 Å². The van der Waals surface area contributed by atoms with Crippen LogP contribution in [0.2, 0.25) is 5.02 Å². The standard InChI is InChI=1S/C15H20ClNO3/c1-10(8-12-6-4-5-7-13(12)16)14(18)17(3)9-11(2)15(19)20/h4-7,10-11H,8-9H2,1-3H3,(H,19,20). The van der Waals surface area contributed by atoms with Crippen LogP contribution in [0.25, 0.3) is 0 Å². The molecule has 0 heterocycles. The molecule has 1 rings (SSSR count). The molecule has 0 fully saturated rings. The first-order valence-corrected chi connectivity index (χ1v) is 6.92. The normalized spacial score (nSPS) is 13.6. The van der Waals surface area contributed by atoms with Crippen LogP contribution >= 0.6 is 11.6 Å². The molecule has 0 spiro atoms. The second-order valence-corrected chi connectivity index (χ2v) is 5.56. The van der Waals surface area contributed by atoms with Crippen LogP contribution in [0.5, 0.6) is 0 Å². The number of rotatable bonds is 6. The van der Waals surface area contributed by atoms with Crippen molar-refractivity contribution in [2.75, 3.05) is 13.6 Å². The van der Waals surface area contributed by atoms with E-state index in [9.17, 15) is 9.59 Å². The van der Waals surface area contributed by atoms with Gasteiger partial charge < -0.3 is 10.0 Å². The molecule has 1 aromatic carbocycles. The molecule has 1 N–H and O–H groups in total. The minimum atomic E-state index is -0.900. The van der Waals surface area contributed by atoms with Gasteiger partial charge in [-0.05, 0) is 18.1 Å². The second kappa shape index (κ2) is 7.29. The predicted molar refractivity (Wildman–Crippen MR) is 78.8 cm³/mol. The molecule has 2 atom stereocenters. The number of carbonyl (C=O) groups excluding carboxylic acids is 1. The zero-order chi connectivity index (χ0) is 15.3. The molecule has 0 saturated carbocycles.